The van der Waals surface area contributed by atoms with Gasteiger partial charge >= 0.3 is 16.3 Å². The highest BCUT2D eigenvalue weighted by atomic mass is 35.5. The van der Waals surface area contributed by atoms with Crippen LogP contribution in [0.25, 0.3) is 0 Å². The second-order valence-corrected chi connectivity index (χ2v) is 8.75. The maximum Gasteiger partial charge on any atom is 0.440 e. The summed E-state index contributed by atoms with van der Waals surface area (Å²) in [7, 11) is -4.70. The zero-order valence-corrected chi connectivity index (χ0v) is 17.2. The van der Waals surface area contributed by atoms with E-state index in [1.165, 1.54) is 12.1 Å². The summed E-state index contributed by atoms with van der Waals surface area (Å²) in [5.41, 5.74) is -1.07. The third-order valence-electron chi connectivity index (χ3n) is 4.42. The van der Waals surface area contributed by atoms with Crippen LogP contribution in [0, 0.1) is 6.92 Å². The molecule has 0 spiro atoms. The summed E-state index contributed by atoms with van der Waals surface area (Å²) >= 11 is 5.95. The number of aromatic nitrogens is 3. The smallest absolute Gasteiger partial charge is 0.394 e. The van der Waals surface area contributed by atoms with E-state index in [1.807, 2.05) is 0 Å². The minimum atomic E-state index is -5.17. The van der Waals surface area contributed by atoms with E-state index in [1.54, 1.807) is 6.92 Å². The Morgan fingerprint density at radius 1 is 1.19 bits per heavy atom. The van der Waals surface area contributed by atoms with Gasteiger partial charge in [0.15, 0.2) is 6.23 Å². The van der Waals surface area contributed by atoms with Crippen LogP contribution in [0.1, 0.15) is 17.5 Å². The van der Waals surface area contributed by atoms with E-state index in [0.717, 1.165) is 12.1 Å². The lowest BCUT2D eigenvalue weighted by Gasteiger charge is -2.38. The molecular formula is C16H17ClF3N3O7S. The maximum atomic E-state index is 13.4. The standard InChI is InChI=1S/C16H17ClF3N3O7S/c1-7-2-4-8(5-3-7)31(27,28)30-14-13(16(18,19)20)21-23(22-14)15-10(17)12(26)11(25)9(6-24)29-15/h2-5,9-12,15,24-26H,6H2,1H3/t9-,10-,11-,12-,15+/m1/s1. The molecule has 0 radical (unpaired) electrons. The highest BCUT2D eigenvalue weighted by Crippen LogP contribution is 2.37. The summed E-state index contributed by atoms with van der Waals surface area (Å²) in [6.07, 6.45) is -11.6. The van der Waals surface area contributed by atoms with Gasteiger partial charge in [-0.1, -0.05) is 17.7 Å². The van der Waals surface area contributed by atoms with Gasteiger partial charge in [-0.2, -0.15) is 21.6 Å². The molecular weight excluding hydrogens is 471 g/mol. The Labute approximate surface area is 178 Å². The third kappa shape index (κ3) is 4.78. The average Bonchev–Trinajstić information content (AvgIpc) is 3.10. The molecule has 1 aliphatic rings. The zero-order valence-electron chi connectivity index (χ0n) is 15.6. The van der Waals surface area contributed by atoms with Gasteiger partial charge in [0, 0.05) is 0 Å². The van der Waals surface area contributed by atoms with Crippen molar-refractivity contribution < 1.29 is 45.8 Å². The van der Waals surface area contributed by atoms with Crippen molar-refractivity contribution in [3.05, 3.63) is 35.5 Å². The van der Waals surface area contributed by atoms with Gasteiger partial charge in [-0.05, 0) is 19.1 Å². The summed E-state index contributed by atoms with van der Waals surface area (Å²) in [4.78, 5) is -0.137. The molecule has 0 saturated carbocycles. The quantitative estimate of drug-likeness (QED) is 0.407. The molecule has 15 heteroatoms. The summed E-state index contributed by atoms with van der Waals surface area (Å²) in [6.45, 7) is 0.888. The highest BCUT2D eigenvalue weighted by molar-refractivity contribution is 7.87. The minimum Gasteiger partial charge on any atom is -0.394 e. The van der Waals surface area contributed by atoms with Crippen LogP contribution in [0.15, 0.2) is 29.2 Å². The monoisotopic (exact) mass is 487 g/mol. The van der Waals surface area contributed by atoms with Gasteiger partial charge in [-0.25, -0.2) is 0 Å². The molecule has 172 valence electrons. The van der Waals surface area contributed by atoms with Crippen molar-refractivity contribution >= 4 is 21.7 Å². The average molecular weight is 488 g/mol. The van der Waals surface area contributed by atoms with Crippen molar-refractivity contribution in [2.45, 2.75) is 47.9 Å². The number of ether oxygens (including phenoxy) is 1. The van der Waals surface area contributed by atoms with Crippen LogP contribution < -0.4 is 4.18 Å². The SMILES string of the molecule is Cc1ccc(S(=O)(=O)Oc2nn([C@H]3O[C@H](CO)[C@@H](O)[C@H](O)[C@H]3Cl)nc2C(F)(F)F)cc1. The predicted molar refractivity (Wildman–Crippen MR) is 96.7 cm³/mol. The Bertz CT molecular complexity index is 1030. The van der Waals surface area contributed by atoms with Gasteiger partial charge in [0.2, 0.25) is 5.69 Å². The van der Waals surface area contributed by atoms with Crippen molar-refractivity contribution in [1.82, 2.24) is 15.0 Å². The fourth-order valence-corrected chi connectivity index (χ4v) is 3.95. The van der Waals surface area contributed by atoms with E-state index < -0.39 is 69.3 Å². The van der Waals surface area contributed by atoms with Crippen LogP contribution in [-0.2, 0) is 21.0 Å². The number of hydrogen-bond acceptors (Lipinski definition) is 9. The van der Waals surface area contributed by atoms with Crippen molar-refractivity contribution in [1.29, 1.82) is 0 Å². The molecule has 10 nitrogen and oxygen atoms in total. The molecule has 1 fully saturated rings. The number of hydrogen-bond donors (Lipinski definition) is 3. The Hall–Kier alpha value is -1.97. The number of nitrogens with zero attached hydrogens (tertiary/aromatic N) is 3. The first-order valence-corrected chi connectivity index (χ1v) is 10.5. The minimum absolute atomic E-state index is 0.276. The zero-order chi connectivity index (χ0) is 23.1. The van der Waals surface area contributed by atoms with Crippen molar-refractivity contribution in [2.75, 3.05) is 6.61 Å². The van der Waals surface area contributed by atoms with E-state index >= 15 is 0 Å². The van der Waals surface area contributed by atoms with E-state index in [-0.39, 0.29) is 4.80 Å². The molecule has 0 unspecified atom stereocenters. The van der Waals surface area contributed by atoms with Gasteiger partial charge in [0.1, 0.15) is 28.6 Å². The molecule has 1 aromatic carbocycles. The number of rotatable bonds is 5. The lowest BCUT2D eigenvalue weighted by atomic mass is 10.0. The lowest BCUT2D eigenvalue weighted by molar-refractivity contribution is -0.204. The Balaban J connectivity index is 1.99. The molecule has 5 atom stereocenters. The normalized spacial score (nSPS) is 27.3. The molecule has 0 aliphatic carbocycles. The van der Waals surface area contributed by atoms with Gasteiger partial charge in [-0.15, -0.1) is 26.6 Å². The second kappa shape index (κ2) is 8.52. The molecule has 1 aliphatic heterocycles. The van der Waals surface area contributed by atoms with Gasteiger partial charge in [-0.3, -0.25) is 0 Å². The summed E-state index contributed by atoms with van der Waals surface area (Å²) < 4.78 is 74.9. The highest BCUT2D eigenvalue weighted by Gasteiger charge is 2.47. The first kappa shape index (κ1) is 23.7. The van der Waals surface area contributed by atoms with Gasteiger partial charge in [0.05, 0.1) is 6.61 Å². The summed E-state index contributed by atoms with van der Waals surface area (Å²) in [5.74, 6) is -1.39. The maximum absolute atomic E-state index is 13.4. The van der Waals surface area contributed by atoms with Gasteiger partial charge in [0.25, 0.3) is 5.88 Å². The fraction of sp³-hybridized carbons (Fsp3) is 0.500. The van der Waals surface area contributed by atoms with Crippen LogP contribution in [0.2, 0.25) is 0 Å². The Morgan fingerprint density at radius 3 is 2.35 bits per heavy atom. The molecule has 31 heavy (non-hydrogen) atoms. The number of aliphatic hydroxyl groups is 3. The van der Waals surface area contributed by atoms with Crippen LogP contribution in [0.4, 0.5) is 13.2 Å². The molecule has 0 bridgehead atoms. The van der Waals surface area contributed by atoms with E-state index in [2.05, 4.69) is 14.4 Å². The summed E-state index contributed by atoms with van der Waals surface area (Å²) in [5, 5.41) is 34.1. The van der Waals surface area contributed by atoms with Gasteiger partial charge < -0.3 is 24.2 Å². The van der Waals surface area contributed by atoms with E-state index in [0.29, 0.717) is 5.56 Å². The number of halogens is 4. The number of benzene rings is 1. The molecule has 1 saturated heterocycles. The molecule has 0 amide bonds. The topological polar surface area (TPSA) is 144 Å². The van der Waals surface area contributed by atoms with Crippen LogP contribution in [0.5, 0.6) is 5.88 Å². The number of aryl methyl sites for hydroxylation is 1. The van der Waals surface area contributed by atoms with Crippen LogP contribution in [-0.4, -0.2) is 69.0 Å². The third-order valence-corrected chi connectivity index (χ3v) is 6.12. The molecule has 2 aromatic rings. The number of aliphatic hydroxyl groups excluding tert-OH is 3. The molecule has 1 aromatic heterocycles. The lowest BCUT2D eigenvalue weighted by Crippen LogP contribution is -2.55. The first-order chi connectivity index (χ1) is 14.3. The Morgan fingerprint density at radius 2 is 1.81 bits per heavy atom. The Kier molecular flexibility index (Phi) is 6.51. The predicted octanol–water partition coefficient (Wildman–Crippen LogP) is 0.592. The van der Waals surface area contributed by atoms with Crippen LogP contribution in [0.3, 0.4) is 0 Å². The first-order valence-electron chi connectivity index (χ1n) is 8.67. The van der Waals surface area contributed by atoms with E-state index in [4.69, 9.17) is 16.3 Å². The largest absolute Gasteiger partial charge is 0.440 e. The van der Waals surface area contributed by atoms with Crippen molar-refractivity contribution in [2.24, 2.45) is 0 Å². The number of alkyl halides is 4. The van der Waals surface area contributed by atoms with Crippen LogP contribution >= 0.6 is 11.6 Å². The fourth-order valence-electron chi connectivity index (χ4n) is 2.76. The summed E-state index contributed by atoms with van der Waals surface area (Å²) in [6, 6.07) is 5.14. The van der Waals surface area contributed by atoms with Crippen molar-refractivity contribution in [3.63, 3.8) is 0 Å². The van der Waals surface area contributed by atoms with Crippen molar-refractivity contribution in [3.8, 4) is 5.88 Å². The molecule has 3 rings (SSSR count). The molecule has 3 N–H and O–H groups in total. The molecule has 2 heterocycles. The van der Waals surface area contributed by atoms with E-state index in [9.17, 15) is 36.9 Å². The second-order valence-electron chi connectivity index (χ2n) is 6.70.